The Kier molecular flexibility index (Phi) is 5.24. The lowest BCUT2D eigenvalue weighted by Gasteiger charge is -2.39. The number of benzene rings is 1. The normalized spacial score (nSPS) is 22.2. The van der Waals surface area contributed by atoms with Crippen molar-refractivity contribution in [2.45, 2.75) is 25.2 Å². The van der Waals surface area contributed by atoms with Gasteiger partial charge < -0.3 is 15.4 Å². The fourth-order valence-corrected chi connectivity index (χ4v) is 3.83. The number of carbonyl (C=O) groups is 1. The van der Waals surface area contributed by atoms with Gasteiger partial charge in [0.05, 0.1) is 0 Å². The molecule has 2 heterocycles. The molecule has 5 heteroatoms. The summed E-state index contributed by atoms with van der Waals surface area (Å²) in [6.45, 7) is 5.96. The van der Waals surface area contributed by atoms with Crippen LogP contribution >= 0.6 is 11.6 Å². The minimum atomic E-state index is -0.121. The van der Waals surface area contributed by atoms with Gasteiger partial charge in [-0.05, 0) is 43.5 Å². The Morgan fingerprint density at radius 3 is 2.70 bits per heavy atom. The van der Waals surface area contributed by atoms with Crippen molar-refractivity contribution in [3.63, 3.8) is 0 Å². The third kappa shape index (κ3) is 3.54. The van der Waals surface area contributed by atoms with Crippen molar-refractivity contribution in [3.05, 3.63) is 34.9 Å². The standard InChI is InChI=1S/C18H25ClN2O2/c1-13(14-10-20-11-14)17(22)21-12-18(6-8-23-9-7-18)15-4-2-3-5-16(15)19/h2-5,13-14,20H,6-12H2,1H3,(H,21,22). The van der Waals surface area contributed by atoms with E-state index in [0.717, 1.165) is 36.5 Å². The first-order valence-electron chi connectivity index (χ1n) is 8.43. The third-order valence-corrected chi connectivity index (χ3v) is 5.76. The highest BCUT2D eigenvalue weighted by molar-refractivity contribution is 6.31. The number of ether oxygens (including phenoxy) is 1. The molecule has 2 N–H and O–H groups in total. The molecule has 1 aromatic rings. The minimum absolute atomic E-state index is 0.0550. The monoisotopic (exact) mass is 336 g/mol. The van der Waals surface area contributed by atoms with E-state index < -0.39 is 0 Å². The van der Waals surface area contributed by atoms with Gasteiger partial charge in [0.25, 0.3) is 0 Å². The summed E-state index contributed by atoms with van der Waals surface area (Å²) in [5.74, 6) is 0.662. The quantitative estimate of drug-likeness (QED) is 0.868. The molecule has 1 unspecified atom stereocenters. The van der Waals surface area contributed by atoms with E-state index in [2.05, 4.69) is 16.7 Å². The molecule has 0 spiro atoms. The fraction of sp³-hybridized carbons (Fsp3) is 0.611. The second kappa shape index (κ2) is 7.20. The van der Waals surface area contributed by atoms with Crippen LogP contribution in [-0.2, 0) is 14.9 Å². The molecule has 0 saturated carbocycles. The zero-order chi connectivity index (χ0) is 16.3. The van der Waals surface area contributed by atoms with Crippen LogP contribution in [0.25, 0.3) is 0 Å². The second-order valence-electron chi connectivity index (χ2n) is 6.80. The maximum absolute atomic E-state index is 12.5. The average molecular weight is 337 g/mol. The van der Waals surface area contributed by atoms with Gasteiger partial charge in [-0.15, -0.1) is 0 Å². The molecule has 126 valence electrons. The number of carbonyl (C=O) groups excluding carboxylic acids is 1. The van der Waals surface area contributed by atoms with E-state index in [1.165, 1.54) is 0 Å². The molecule has 0 radical (unpaired) electrons. The second-order valence-corrected chi connectivity index (χ2v) is 7.20. The van der Waals surface area contributed by atoms with Crippen molar-refractivity contribution >= 4 is 17.5 Å². The van der Waals surface area contributed by atoms with Crippen molar-refractivity contribution in [3.8, 4) is 0 Å². The van der Waals surface area contributed by atoms with Gasteiger partial charge in [-0.2, -0.15) is 0 Å². The Bertz CT molecular complexity index is 554. The predicted octanol–water partition coefficient (Wildman–Crippen LogP) is 2.36. The maximum Gasteiger partial charge on any atom is 0.223 e. The summed E-state index contributed by atoms with van der Waals surface area (Å²) in [7, 11) is 0. The average Bonchev–Trinajstić information content (AvgIpc) is 2.52. The van der Waals surface area contributed by atoms with Crippen molar-refractivity contribution in [2.24, 2.45) is 11.8 Å². The Balaban J connectivity index is 1.72. The van der Waals surface area contributed by atoms with Crippen LogP contribution in [0.1, 0.15) is 25.3 Å². The molecule has 2 aliphatic rings. The summed E-state index contributed by atoms with van der Waals surface area (Å²) in [6.07, 6.45) is 1.77. The first-order chi connectivity index (χ1) is 11.1. The van der Waals surface area contributed by atoms with Gasteiger partial charge in [-0.1, -0.05) is 36.7 Å². The summed E-state index contributed by atoms with van der Waals surface area (Å²) in [4.78, 5) is 12.5. The summed E-state index contributed by atoms with van der Waals surface area (Å²) >= 11 is 6.45. The number of amides is 1. The highest BCUT2D eigenvalue weighted by Gasteiger charge is 2.37. The van der Waals surface area contributed by atoms with Gasteiger partial charge in [0.2, 0.25) is 5.91 Å². The Labute approximate surface area is 142 Å². The van der Waals surface area contributed by atoms with Gasteiger partial charge in [0, 0.05) is 36.1 Å². The van der Waals surface area contributed by atoms with Crippen LogP contribution in [0.4, 0.5) is 0 Å². The molecule has 2 aliphatic heterocycles. The number of nitrogens with one attached hydrogen (secondary N) is 2. The topological polar surface area (TPSA) is 50.4 Å². The zero-order valence-corrected chi connectivity index (χ0v) is 14.4. The lowest BCUT2D eigenvalue weighted by atomic mass is 9.74. The molecule has 0 aliphatic carbocycles. The molecule has 0 aromatic heterocycles. The summed E-state index contributed by atoms with van der Waals surface area (Å²) in [6, 6.07) is 7.98. The van der Waals surface area contributed by atoms with Crippen molar-refractivity contribution in [1.29, 1.82) is 0 Å². The SMILES string of the molecule is CC(C(=O)NCC1(c2ccccc2Cl)CCOCC1)C1CNC1. The predicted molar refractivity (Wildman–Crippen MR) is 91.7 cm³/mol. The van der Waals surface area contributed by atoms with E-state index in [1.807, 2.05) is 25.1 Å². The van der Waals surface area contributed by atoms with Gasteiger partial charge in [-0.3, -0.25) is 4.79 Å². The van der Waals surface area contributed by atoms with E-state index in [4.69, 9.17) is 16.3 Å². The molecule has 0 bridgehead atoms. The minimum Gasteiger partial charge on any atom is -0.381 e. The van der Waals surface area contributed by atoms with Crippen molar-refractivity contribution in [1.82, 2.24) is 10.6 Å². The molecule has 4 nitrogen and oxygen atoms in total. The molecule has 2 saturated heterocycles. The molecule has 1 amide bonds. The summed E-state index contributed by atoms with van der Waals surface area (Å²) < 4.78 is 5.54. The zero-order valence-electron chi connectivity index (χ0n) is 13.6. The van der Waals surface area contributed by atoms with Crippen LogP contribution in [0.2, 0.25) is 5.02 Å². The molecule has 2 fully saturated rings. The van der Waals surface area contributed by atoms with E-state index in [0.29, 0.717) is 25.7 Å². The van der Waals surface area contributed by atoms with Crippen LogP contribution in [0.3, 0.4) is 0 Å². The number of hydrogen-bond acceptors (Lipinski definition) is 3. The molecular formula is C18H25ClN2O2. The molecule has 1 atom stereocenters. The first-order valence-corrected chi connectivity index (χ1v) is 8.81. The Morgan fingerprint density at radius 1 is 1.39 bits per heavy atom. The van der Waals surface area contributed by atoms with E-state index in [9.17, 15) is 4.79 Å². The van der Waals surface area contributed by atoms with E-state index in [-0.39, 0.29) is 17.2 Å². The highest BCUT2D eigenvalue weighted by atomic mass is 35.5. The van der Waals surface area contributed by atoms with Gasteiger partial charge >= 0.3 is 0 Å². The van der Waals surface area contributed by atoms with Crippen LogP contribution in [0.15, 0.2) is 24.3 Å². The van der Waals surface area contributed by atoms with Crippen LogP contribution in [0.5, 0.6) is 0 Å². The fourth-order valence-electron chi connectivity index (χ4n) is 3.49. The highest BCUT2D eigenvalue weighted by Crippen LogP contribution is 2.38. The van der Waals surface area contributed by atoms with Gasteiger partial charge in [0.1, 0.15) is 0 Å². The molecular weight excluding hydrogens is 312 g/mol. The van der Waals surface area contributed by atoms with Gasteiger partial charge in [0.15, 0.2) is 0 Å². The van der Waals surface area contributed by atoms with Crippen molar-refractivity contribution < 1.29 is 9.53 Å². The molecule has 1 aromatic carbocycles. The first kappa shape index (κ1) is 16.7. The van der Waals surface area contributed by atoms with E-state index in [1.54, 1.807) is 0 Å². The summed E-state index contributed by atoms with van der Waals surface area (Å²) in [5, 5.41) is 7.19. The third-order valence-electron chi connectivity index (χ3n) is 5.43. The number of hydrogen-bond donors (Lipinski definition) is 2. The lowest BCUT2D eigenvalue weighted by Crippen LogP contribution is -2.52. The maximum atomic E-state index is 12.5. The molecule has 23 heavy (non-hydrogen) atoms. The number of rotatable bonds is 5. The summed E-state index contributed by atoms with van der Waals surface area (Å²) in [5.41, 5.74) is 1.01. The van der Waals surface area contributed by atoms with Crippen LogP contribution in [0, 0.1) is 11.8 Å². The van der Waals surface area contributed by atoms with Crippen molar-refractivity contribution in [2.75, 3.05) is 32.8 Å². The van der Waals surface area contributed by atoms with Crippen LogP contribution in [-0.4, -0.2) is 38.8 Å². The largest absolute Gasteiger partial charge is 0.381 e. The lowest BCUT2D eigenvalue weighted by molar-refractivity contribution is -0.127. The Morgan fingerprint density at radius 2 is 2.09 bits per heavy atom. The van der Waals surface area contributed by atoms with Gasteiger partial charge in [-0.25, -0.2) is 0 Å². The number of halogens is 1. The van der Waals surface area contributed by atoms with Crippen LogP contribution < -0.4 is 10.6 Å². The van der Waals surface area contributed by atoms with E-state index >= 15 is 0 Å². The Hall–Kier alpha value is -1.10. The molecule has 3 rings (SSSR count). The smallest absolute Gasteiger partial charge is 0.223 e.